The van der Waals surface area contributed by atoms with Gasteiger partial charge in [-0.05, 0) is 143 Å². The SMILES string of the molecule is Cc1ccc2c3c1O[C@H]1[C@@H](OC(=O)N4CCC[C@H]4c4cccnc4)C=C[C@H]4[C@H]5[C@@H](C2C[C@@]341)N5C.Cc1ccc2c3c1O[C@H]1[C@@H](OC(=O)Oc4ccc([N+](=O)[O-])cc4)C=C[C@H]4[C@H]5[C@@H](C2C[C@@]341)N5C.c1cncc([C@@H]2CCCN2)c1. The van der Waals surface area contributed by atoms with Crippen LogP contribution >= 0.6 is 0 Å². The number of aryl methyl sites for hydroxylation is 2. The number of nitro groups is 1. The van der Waals surface area contributed by atoms with Crippen molar-refractivity contribution in [1.82, 2.24) is 30.0 Å². The fourth-order valence-corrected chi connectivity index (χ4v) is 17.0. The summed E-state index contributed by atoms with van der Waals surface area (Å²) in [4.78, 5) is 51.7. The van der Waals surface area contributed by atoms with E-state index in [1.54, 1.807) is 6.20 Å². The monoisotopic (exact) mass is 1050 g/mol. The maximum absolute atomic E-state index is 13.5. The lowest BCUT2D eigenvalue weighted by Gasteiger charge is -2.45. The topological polar surface area (TPSA) is 171 Å². The predicted octanol–water partition coefficient (Wildman–Crippen LogP) is 9.46. The zero-order chi connectivity index (χ0) is 52.9. The highest BCUT2D eigenvalue weighted by Gasteiger charge is 2.76. The Labute approximate surface area is 452 Å². The van der Waals surface area contributed by atoms with Gasteiger partial charge in [-0.15, -0.1) is 0 Å². The molecule has 8 heterocycles. The van der Waals surface area contributed by atoms with Crippen LogP contribution < -0.4 is 19.5 Å². The molecule has 16 nitrogen and oxygen atoms in total. The molecule has 6 aliphatic heterocycles. The molecule has 0 saturated carbocycles. The van der Waals surface area contributed by atoms with Crippen LogP contribution in [0.3, 0.4) is 0 Å². The van der Waals surface area contributed by atoms with Crippen molar-refractivity contribution in [3.8, 4) is 17.2 Å². The predicted molar refractivity (Wildman–Crippen MR) is 287 cm³/mol. The number of rotatable bonds is 6. The van der Waals surface area contributed by atoms with Crippen molar-refractivity contribution >= 4 is 17.9 Å². The van der Waals surface area contributed by atoms with Crippen molar-refractivity contribution in [3.05, 3.63) is 177 Å². The Balaban J connectivity index is 0.000000114. The molecule has 0 radical (unpaired) electrons. The number of nitrogens with zero attached hydrogens (tertiary/aromatic N) is 6. The van der Waals surface area contributed by atoms with Crippen LogP contribution in [-0.2, 0) is 20.3 Å². The summed E-state index contributed by atoms with van der Waals surface area (Å²) in [5, 5.41) is 14.3. The van der Waals surface area contributed by atoms with Gasteiger partial charge in [-0.3, -0.25) is 29.9 Å². The van der Waals surface area contributed by atoms with E-state index in [4.69, 9.17) is 23.7 Å². The molecule has 400 valence electrons. The first-order valence-electron chi connectivity index (χ1n) is 28.0. The molecule has 78 heavy (non-hydrogen) atoms. The number of amides is 1. The van der Waals surface area contributed by atoms with Crippen LogP contribution in [0.1, 0.15) is 107 Å². The Bertz CT molecular complexity index is 3340. The summed E-state index contributed by atoms with van der Waals surface area (Å²) in [7, 11) is 4.46. The molecule has 4 saturated heterocycles. The summed E-state index contributed by atoms with van der Waals surface area (Å²) in [6, 6.07) is 25.2. The second-order valence-electron chi connectivity index (χ2n) is 23.9. The summed E-state index contributed by atoms with van der Waals surface area (Å²) in [6.07, 6.45) is 20.1. The van der Waals surface area contributed by atoms with Crippen LogP contribution in [0.4, 0.5) is 15.3 Å². The maximum Gasteiger partial charge on any atom is 0.514 e. The fraction of sp³-hybridized carbons (Fsp3) is 0.452. The Morgan fingerprint density at radius 2 is 1.28 bits per heavy atom. The van der Waals surface area contributed by atoms with E-state index >= 15 is 0 Å². The summed E-state index contributed by atoms with van der Waals surface area (Å²) in [5.74, 6) is 3.98. The Kier molecular flexibility index (Phi) is 10.9. The van der Waals surface area contributed by atoms with Crippen LogP contribution in [0.25, 0.3) is 0 Å². The molecule has 16 heteroatoms. The lowest BCUT2D eigenvalue weighted by Crippen LogP contribution is -2.56. The first kappa shape index (κ1) is 48.0. The minimum Gasteiger partial charge on any atom is -0.485 e. The average molecular weight is 1050 g/mol. The molecule has 2 spiro atoms. The van der Waals surface area contributed by atoms with E-state index in [1.165, 1.54) is 70.5 Å². The number of non-ortho nitro benzene ring substituents is 1. The van der Waals surface area contributed by atoms with Gasteiger partial charge in [-0.1, -0.05) is 48.6 Å². The van der Waals surface area contributed by atoms with E-state index in [0.29, 0.717) is 60.4 Å². The quantitative estimate of drug-likeness (QED) is 0.0426. The number of hydrogen-bond donors (Lipinski definition) is 1. The molecule has 6 aliphatic carbocycles. The molecule has 3 aromatic carbocycles. The maximum atomic E-state index is 13.5. The number of carbonyl (C=O) groups excluding carboxylic acids is 2. The Morgan fingerprint density at radius 1 is 0.705 bits per heavy atom. The molecule has 4 fully saturated rings. The zero-order valence-corrected chi connectivity index (χ0v) is 44.1. The van der Waals surface area contributed by atoms with Crippen molar-refractivity contribution in [2.24, 2.45) is 11.8 Å². The summed E-state index contributed by atoms with van der Waals surface area (Å²) < 4.78 is 30.7. The number of ether oxygens (including phenoxy) is 5. The number of carbonyl (C=O) groups is 2. The minimum absolute atomic E-state index is 0.0293. The highest BCUT2D eigenvalue weighted by Crippen LogP contribution is 2.73. The number of hydrogen-bond acceptors (Lipinski definition) is 14. The van der Waals surface area contributed by atoms with E-state index in [0.717, 1.165) is 54.9 Å². The van der Waals surface area contributed by atoms with Crippen molar-refractivity contribution in [1.29, 1.82) is 0 Å². The lowest BCUT2D eigenvalue weighted by molar-refractivity contribution is -0.384. The molecular formula is C62H63N7O9. The Hall–Kier alpha value is -7.14. The van der Waals surface area contributed by atoms with Crippen LogP contribution in [0.2, 0.25) is 0 Å². The standard InChI is InChI=1S/C28H29N3O3.C25H22N2O6.C9H12N2/c1-15-7-8-17-18-13-28-19(24-23(18)30(24)2)9-10-21(26(28)34-25(15)22(17)28)33-27(32)31-12-4-6-20(31)16-5-3-11-29-14-16;1-12-3-8-15-16-11-25-17(21-20(16)26(21)2)9-10-18(23(25)33-22(12)19(15)25)32-24(28)31-14-6-4-13(5-7-14)27(29)30;1-3-8(7-10-5-1)9-4-2-6-11-9/h3,5,7-11,14,18-21,23-24,26H,4,6,12-13H2,1-2H3;3-10,16-18,20-21,23H,11H2,1-2H3;1,3,5,7,9,11H,2,4,6H2/t18?,19-,20-,21-,23+,24-,26-,28-,30?;16?,17-,18-,20+,21-,23-,25-,26?;9-/m000/s1. The van der Waals surface area contributed by atoms with Crippen LogP contribution in [0.15, 0.2) is 122 Å². The number of likely N-dealkylation sites (N-methyl/N-ethyl adjacent to an activating group) is 2. The molecule has 17 rings (SSSR count). The summed E-state index contributed by atoms with van der Waals surface area (Å²) >= 11 is 0. The van der Waals surface area contributed by atoms with Gasteiger partial charge < -0.3 is 33.9 Å². The number of pyridine rings is 2. The second-order valence-corrected chi connectivity index (χ2v) is 23.9. The molecule has 1 amide bonds. The van der Waals surface area contributed by atoms with Gasteiger partial charge >= 0.3 is 12.2 Å². The number of nitrogens with one attached hydrogen (secondary N) is 1. The normalized spacial score (nSPS) is 37.4. The van der Waals surface area contributed by atoms with Gasteiger partial charge in [0, 0.05) is 119 Å². The third kappa shape index (κ3) is 6.93. The highest BCUT2D eigenvalue weighted by atomic mass is 16.7. The number of benzene rings is 3. The van der Waals surface area contributed by atoms with Crippen molar-refractivity contribution in [2.75, 3.05) is 27.2 Å². The summed E-state index contributed by atoms with van der Waals surface area (Å²) in [6.45, 7) is 6.08. The van der Waals surface area contributed by atoms with Gasteiger partial charge in [0.05, 0.1) is 11.0 Å². The van der Waals surface area contributed by atoms with Gasteiger partial charge in [0.1, 0.15) is 29.5 Å². The molecule has 4 unspecified atom stereocenters. The molecule has 1 N–H and O–H groups in total. The minimum atomic E-state index is -0.850. The van der Waals surface area contributed by atoms with Gasteiger partial charge in [0.25, 0.3) is 5.69 Å². The van der Waals surface area contributed by atoms with Gasteiger partial charge in [0.2, 0.25) is 0 Å². The largest absolute Gasteiger partial charge is 0.514 e. The van der Waals surface area contributed by atoms with Gasteiger partial charge in [0.15, 0.2) is 12.2 Å². The molecule has 18 atom stereocenters. The van der Waals surface area contributed by atoms with Gasteiger partial charge in [-0.2, -0.15) is 0 Å². The molecule has 12 aliphatic rings. The zero-order valence-electron chi connectivity index (χ0n) is 44.1. The highest BCUT2D eigenvalue weighted by molar-refractivity contribution is 5.71. The van der Waals surface area contributed by atoms with Crippen LogP contribution in [0.5, 0.6) is 17.2 Å². The molecular weight excluding hydrogens is 987 g/mol. The van der Waals surface area contributed by atoms with Crippen molar-refractivity contribution < 1.29 is 38.2 Å². The smallest absolute Gasteiger partial charge is 0.485 e. The molecule has 2 aromatic heterocycles. The molecule has 5 aromatic rings. The first-order valence-corrected chi connectivity index (χ1v) is 28.0. The number of fused-ring (bicyclic) bond motifs is 6. The van der Waals surface area contributed by atoms with E-state index in [1.807, 2.05) is 41.7 Å². The lowest BCUT2D eigenvalue weighted by atomic mass is 9.59. The van der Waals surface area contributed by atoms with E-state index < -0.39 is 17.2 Å². The second kappa shape index (κ2) is 17.7. The van der Waals surface area contributed by atoms with Crippen LogP contribution in [0, 0.1) is 35.8 Å². The first-order chi connectivity index (χ1) is 38.0. The average Bonchev–Trinajstić information content (AvgIpc) is 2.64. The van der Waals surface area contributed by atoms with Gasteiger partial charge in [-0.25, -0.2) is 9.59 Å². The molecule has 4 bridgehead atoms. The van der Waals surface area contributed by atoms with E-state index in [2.05, 4.69) is 108 Å². The third-order valence-electron chi connectivity index (χ3n) is 20.3. The van der Waals surface area contributed by atoms with Crippen molar-refractivity contribution in [2.45, 2.75) is 136 Å². The fourth-order valence-electron chi connectivity index (χ4n) is 17.0. The Morgan fingerprint density at radius 3 is 1.82 bits per heavy atom. The number of nitro benzene ring substituents is 1. The van der Waals surface area contributed by atoms with Crippen molar-refractivity contribution in [3.63, 3.8) is 0 Å². The number of aromatic nitrogens is 2. The third-order valence-corrected chi connectivity index (χ3v) is 20.3. The van der Waals surface area contributed by atoms with E-state index in [9.17, 15) is 19.7 Å². The van der Waals surface area contributed by atoms with Crippen LogP contribution in [-0.4, -0.2) is 118 Å². The van der Waals surface area contributed by atoms with E-state index in [-0.39, 0.29) is 52.7 Å². The number of likely N-dealkylation sites (tertiary alicyclic amines) is 3. The summed E-state index contributed by atoms with van der Waals surface area (Å²) in [5.41, 5.74) is 9.96.